The van der Waals surface area contributed by atoms with E-state index >= 15 is 0 Å². The molecule has 104 valence electrons. The molecule has 1 atom stereocenters. The molecular formula is C16H14BrClFN. The Kier molecular flexibility index (Phi) is 3.74. The molecule has 20 heavy (non-hydrogen) atoms. The predicted molar refractivity (Wildman–Crippen MR) is 85.1 cm³/mol. The van der Waals surface area contributed by atoms with Gasteiger partial charge in [-0.1, -0.05) is 17.7 Å². The Morgan fingerprint density at radius 3 is 2.75 bits per heavy atom. The summed E-state index contributed by atoms with van der Waals surface area (Å²) < 4.78 is 14.1. The van der Waals surface area contributed by atoms with Gasteiger partial charge in [0.2, 0.25) is 0 Å². The van der Waals surface area contributed by atoms with Crippen LogP contribution in [0.3, 0.4) is 0 Å². The molecule has 0 aliphatic heterocycles. The topological polar surface area (TPSA) is 12.0 Å². The van der Waals surface area contributed by atoms with Gasteiger partial charge in [-0.05, 0) is 76.7 Å². The maximum Gasteiger partial charge on any atom is 0.139 e. The molecule has 2 aromatic carbocycles. The summed E-state index contributed by atoms with van der Waals surface area (Å²) in [4.78, 5) is 0. The first-order valence-corrected chi connectivity index (χ1v) is 7.69. The summed E-state index contributed by atoms with van der Waals surface area (Å²) in [5.74, 6) is -0.239. The van der Waals surface area contributed by atoms with E-state index in [1.54, 1.807) is 12.1 Å². The van der Waals surface area contributed by atoms with E-state index in [1.807, 2.05) is 19.1 Å². The number of rotatable bonds is 2. The molecule has 0 bridgehead atoms. The Hall–Kier alpha value is -1.06. The quantitative estimate of drug-likeness (QED) is 0.788. The van der Waals surface area contributed by atoms with Crippen LogP contribution in [0.4, 0.5) is 10.1 Å². The number of halogens is 3. The Morgan fingerprint density at radius 1 is 1.20 bits per heavy atom. The lowest BCUT2D eigenvalue weighted by molar-refractivity contribution is 0.620. The number of nitrogens with one attached hydrogen (secondary N) is 1. The molecule has 0 aromatic heterocycles. The lowest BCUT2D eigenvalue weighted by Crippen LogP contribution is -2.20. The van der Waals surface area contributed by atoms with E-state index in [-0.39, 0.29) is 5.82 Å². The van der Waals surface area contributed by atoms with E-state index in [9.17, 15) is 4.39 Å². The molecule has 0 heterocycles. The SMILES string of the molecule is Cc1cc(Br)c(F)cc1NC1Cc2ccc(Cl)cc2C1. The highest BCUT2D eigenvalue weighted by Crippen LogP contribution is 2.29. The van der Waals surface area contributed by atoms with Crippen LogP contribution in [-0.4, -0.2) is 6.04 Å². The first kappa shape index (κ1) is 13.9. The molecule has 0 saturated heterocycles. The van der Waals surface area contributed by atoms with Gasteiger partial charge in [-0.15, -0.1) is 0 Å². The molecule has 0 radical (unpaired) electrons. The van der Waals surface area contributed by atoms with Crippen LogP contribution >= 0.6 is 27.5 Å². The largest absolute Gasteiger partial charge is 0.381 e. The van der Waals surface area contributed by atoms with Crippen molar-refractivity contribution in [2.24, 2.45) is 0 Å². The Bertz CT molecular complexity index is 672. The van der Waals surface area contributed by atoms with Gasteiger partial charge in [0.25, 0.3) is 0 Å². The van der Waals surface area contributed by atoms with Crippen molar-refractivity contribution in [2.75, 3.05) is 5.32 Å². The van der Waals surface area contributed by atoms with Crippen molar-refractivity contribution in [1.29, 1.82) is 0 Å². The van der Waals surface area contributed by atoms with Gasteiger partial charge in [0.1, 0.15) is 5.82 Å². The molecular weight excluding hydrogens is 341 g/mol. The first-order chi connectivity index (χ1) is 9.52. The van der Waals surface area contributed by atoms with Gasteiger partial charge < -0.3 is 5.32 Å². The zero-order valence-corrected chi connectivity index (χ0v) is 13.4. The van der Waals surface area contributed by atoms with Crippen molar-refractivity contribution in [3.05, 3.63) is 62.3 Å². The maximum absolute atomic E-state index is 13.6. The Balaban J connectivity index is 1.80. The van der Waals surface area contributed by atoms with Crippen molar-refractivity contribution in [2.45, 2.75) is 25.8 Å². The van der Waals surface area contributed by atoms with Crippen LogP contribution < -0.4 is 5.32 Å². The van der Waals surface area contributed by atoms with E-state index in [1.165, 1.54) is 11.1 Å². The summed E-state index contributed by atoms with van der Waals surface area (Å²) in [6.45, 7) is 1.98. The highest BCUT2D eigenvalue weighted by atomic mass is 79.9. The van der Waals surface area contributed by atoms with Crippen LogP contribution in [0.5, 0.6) is 0 Å². The standard InChI is InChI=1S/C16H14BrClFN/c1-9-4-14(17)15(19)8-16(9)20-13-6-10-2-3-12(18)5-11(10)7-13/h2-5,8,13,20H,6-7H2,1H3. The minimum Gasteiger partial charge on any atom is -0.381 e. The molecule has 1 unspecified atom stereocenters. The molecule has 1 aliphatic rings. The second kappa shape index (κ2) is 5.38. The third-order valence-corrected chi connectivity index (χ3v) is 4.57. The molecule has 0 amide bonds. The average Bonchev–Trinajstić information content (AvgIpc) is 2.77. The average molecular weight is 355 g/mol. The lowest BCUT2D eigenvalue weighted by Gasteiger charge is -2.16. The van der Waals surface area contributed by atoms with Crippen LogP contribution in [0.1, 0.15) is 16.7 Å². The van der Waals surface area contributed by atoms with Crippen molar-refractivity contribution in [1.82, 2.24) is 0 Å². The summed E-state index contributed by atoms with van der Waals surface area (Å²) in [7, 11) is 0. The maximum atomic E-state index is 13.6. The highest BCUT2D eigenvalue weighted by molar-refractivity contribution is 9.10. The molecule has 1 nitrogen and oxygen atoms in total. The third kappa shape index (κ3) is 2.70. The van der Waals surface area contributed by atoms with Crippen LogP contribution in [0, 0.1) is 12.7 Å². The van der Waals surface area contributed by atoms with Crippen LogP contribution in [0.25, 0.3) is 0 Å². The van der Waals surface area contributed by atoms with E-state index in [2.05, 4.69) is 27.3 Å². The first-order valence-electron chi connectivity index (χ1n) is 6.52. The number of aryl methyl sites for hydroxylation is 1. The molecule has 0 spiro atoms. The minimum atomic E-state index is -0.239. The molecule has 3 rings (SSSR count). The molecule has 1 aliphatic carbocycles. The number of hydrogen-bond acceptors (Lipinski definition) is 1. The molecule has 1 N–H and O–H groups in total. The Labute approximate surface area is 131 Å². The van der Waals surface area contributed by atoms with Crippen LogP contribution in [0.2, 0.25) is 5.02 Å². The van der Waals surface area contributed by atoms with Gasteiger partial charge in [0, 0.05) is 16.8 Å². The van der Waals surface area contributed by atoms with Crippen molar-refractivity contribution in [3.63, 3.8) is 0 Å². The molecule has 4 heteroatoms. The molecule has 0 saturated carbocycles. The van der Waals surface area contributed by atoms with Crippen LogP contribution in [-0.2, 0) is 12.8 Å². The van der Waals surface area contributed by atoms with E-state index in [0.717, 1.165) is 29.1 Å². The van der Waals surface area contributed by atoms with Gasteiger partial charge in [-0.25, -0.2) is 4.39 Å². The van der Waals surface area contributed by atoms with Gasteiger partial charge in [0.05, 0.1) is 4.47 Å². The van der Waals surface area contributed by atoms with Gasteiger partial charge in [-0.3, -0.25) is 0 Å². The summed E-state index contributed by atoms with van der Waals surface area (Å²) in [5, 5.41) is 4.21. The Morgan fingerprint density at radius 2 is 1.95 bits per heavy atom. The zero-order chi connectivity index (χ0) is 14.3. The van der Waals surface area contributed by atoms with Crippen LogP contribution in [0.15, 0.2) is 34.8 Å². The highest BCUT2D eigenvalue weighted by Gasteiger charge is 2.22. The minimum absolute atomic E-state index is 0.239. The van der Waals surface area contributed by atoms with Gasteiger partial charge >= 0.3 is 0 Å². The van der Waals surface area contributed by atoms with Crippen molar-refractivity contribution < 1.29 is 4.39 Å². The number of benzene rings is 2. The normalized spacial score (nSPS) is 17.1. The predicted octanol–water partition coefficient (Wildman–Crippen LogP) is 5.13. The van der Waals surface area contributed by atoms with Crippen molar-refractivity contribution >= 4 is 33.2 Å². The van der Waals surface area contributed by atoms with E-state index < -0.39 is 0 Å². The smallest absolute Gasteiger partial charge is 0.139 e. The summed E-state index contributed by atoms with van der Waals surface area (Å²) in [6.07, 6.45) is 1.87. The third-order valence-electron chi connectivity index (χ3n) is 3.73. The lowest BCUT2D eigenvalue weighted by atomic mass is 10.1. The second-order valence-electron chi connectivity index (χ2n) is 5.24. The summed E-state index contributed by atoms with van der Waals surface area (Å²) in [5.41, 5.74) is 4.49. The fraction of sp³-hybridized carbons (Fsp3) is 0.250. The fourth-order valence-corrected chi connectivity index (χ4v) is 3.36. The molecule has 0 fully saturated rings. The molecule has 2 aromatic rings. The fourth-order valence-electron chi connectivity index (χ4n) is 2.71. The van der Waals surface area contributed by atoms with E-state index in [0.29, 0.717) is 10.5 Å². The second-order valence-corrected chi connectivity index (χ2v) is 6.53. The zero-order valence-electron chi connectivity index (χ0n) is 11.0. The van der Waals surface area contributed by atoms with Gasteiger partial charge in [0.15, 0.2) is 0 Å². The van der Waals surface area contributed by atoms with Gasteiger partial charge in [-0.2, -0.15) is 0 Å². The summed E-state index contributed by atoms with van der Waals surface area (Å²) >= 11 is 9.23. The number of hydrogen-bond donors (Lipinski definition) is 1. The number of anilines is 1. The summed E-state index contributed by atoms with van der Waals surface area (Å²) in [6, 6.07) is 9.67. The van der Waals surface area contributed by atoms with Crippen molar-refractivity contribution in [3.8, 4) is 0 Å². The number of fused-ring (bicyclic) bond motifs is 1. The van der Waals surface area contributed by atoms with E-state index in [4.69, 9.17) is 11.6 Å². The monoisotopic (exact) mass is 353 g/mol.